The summed E-state index contributed by atoms with van der Waals surface area (Å²) in [6.07, 6.45) is 1.27. The largest absolute Gasteiger partial charge is 0.380 e. The molecule has 0 bridgehead atoms. The van der Waals surface area contributed by atoms with Gasteiger partial charge in [-0.05, 0) is 52.6 Å². The van der Waals surface area contributed by atoms with Crippen molar-refractivity contribution in [3.63, 3.8) is 0 Å². The summed E-state index contributed by atoms with van der Waals surface area (Å²) in [5, 5.41) is 0. The summed E-state index contributed by atoms with van der Waals surface area (Å²) in [7, 11) is -2.95. The van der Waals surface area contributed by atoms with Crippen LogP contribution >= 0.6 is 0 Å². The molecule has 1 aliphatic carbocycles. The van der Waals surface area contributed by atoms with Crippen LogP contribution < -0.4 is 4.18 Å². The molecule has 3 unspecified atom stereocenters. The Hall–Kier alpha value is -2.11. The molecule has 3 atom stereocenters. The predicted molar refractivity (Wildman–Crippen MR) is 105 cm³/mol. The normalized spacial score (nSPS) is 19.6. The smallest absolute Gasteiger partial charge is 0.357 e. The minimum Gasteiger partial charge on any atom is -0.380 e. The number of benzene rings is 2. The molecular formula is C19H20O8S2. The fourth-order valence-corrected chi connectivity index (χ4v) is 4.62. The number of ether oxygens (including phenoxy) is 1. The highest BCUT2D eigenvalue weighted by Crippen LogP contribution is 2.58. The third kappa shape index (κ3) is 5.09. The van der Waals surface area contributed by atoms with Crippen LogP contribution in [0.3, 0.4) is 0 Å². The van der Waals surface area contributed by atoms with Gasteiger partial charge in [0.15, 0.2) is 0 Å². The van der Waals surface area contributed by atoms with Gasteiger partial charge in [-0.15, -0.1) is 0 Å². The minimum atomic E-state index is -4.48. The number of hydrogen-bond donors (Lipinski definition) is 2. The van der Waals surface area contributed by atoms with Crippen LogP contribution in [-0.2, 0) is 44.0 Å². The van der Waals surface area contributed by atoms with Crippen molar-refractivity contribution in [1.82, 2.24) is 0 Å². The van der Waals surface area contributed by atoms with Gasteiger partial charge >= 0.3 is 11.4 Å². The third-order valence-electron chi connectivity index (χ3n) is 4.81. The summed E-state index contributed by atoms with van der Waals surface area (Å²) in [4.78, 5) is 10.5. The monoisotopic (exact) mass is 440 g/mol. The zero-order valence-corrected chi connectivity index (χ0v) is 17.1. The fraction of sp³-hybridized carbons (Fsp3) is 0.316. The van der Waals surface area contributed by atoms with Crippen LogP contribution in [0.25, 0.3) is 0 Å². The Labute approximate surface area is 171 Å². The van der Waals surface area contributed by atoms with Gasteiger partial charge in [0, 0.05) is 13.5 Å². The summed E-state index contributed by atoms with van der Waals surface area (Å²) in [5.41, 5.74) is 2.34. The molecule has 1 aliphatic rings. The zero-order valence-electron chi connectivity index (χ0n) is 15.5. The Morgan fingerprint density at radius 2 is 1.79 bits per heavy atom. The number of carbonyl (C=O) groups excluding carboxylic acids is 1. The van der Waals surface area contributed by atoms with Gasteiger partial charge in [-0.25, -0.2) is 0 Å². The van der Waals surface area contributed by atoms with E-state index in [4.69, 9.17) is 13.5 Å². The Morgan fingerprint density at radius 3 is 2.41 bits per heavy atom. The van der Waals surface area contributed by atoms with Gasteiger partial charge in [-0.3, -0.25) is 9.11 Å². The highest BCUT2D eigenvalue weighted by atomic mass is 32.2. The van der Waals surface area contributed by atoms with Crippen molar-refractivity contribution in [3.05, 3.63) is 58.7 Å². The minimum absolute atomic E-state index is 0.0398. The first-order chi connectivity index (χ1) is 13.7. The van der Waals surface area contributed by atoms with Crippen LogP contribution in [0, 0.1) is 0 Å². The highest BCUT2D eigenvalue weighted by molar-refractivity contribution is 7.85. The quantitative estimate of drug-likeness (QED) is 0.346. The lowest BCUT2D eigenvalue weighted by Gasteiger charge is -2.12. The van der Waals surface area contributed by atoms with Gasteiger partial charge < -0.3 is 13.7 Å². The van der Waals surface area contributed by atoms with E-state index in [2.05, 4.69) is 0 Å². The van der Waals surface area contributed by atoms with Crippen molar-refractivity contribution in [2.45, 2.75) is 36.2 Å². The second kappa shape index (κ2) is 8.72. The average Bonchev–Trinajstić information content (AvgIpc) is 3.41. The number of rotatable bonds is 9. The van der Waals surface area contributed by atoms with Crippen LogP contribution in [0.5, 0.6) is 5.75 Å². The van der Waals surface area contributed by atoms with Gasteiger partial charge in [0.05, 0.1) is 11.5 Å². The molecule has 2 aromatic carbocycles. The molecule has 3 rings (SSSR count). The topological polar surface area (TPSA) is 127 Å². The number of aldehydes is 1. The number of hydrogen-bond acceptors (Lipinski definition) is 6. The van der Waals surface area contributed by atoms with Gasteiger partial charge in [-0.2, -0.15) is 12.6 Å². The van der Waals surface area contributed by atoms with Gasteiger partial charge in [0.25, 0.3) is 10.1 Å². The Morgan fingerprint density at radius 1 is 1.14 bits per heavy atom. The molecule has 0 saturated heterocycles. The van der Waals surface area contributed by atoms with Crippen molar-refractivity contribution in [3.8, 4) is 5.75 Å². The Kier molecular flexibility index (Phi) is 6.49. The molecule has 1 saturated carbocycles. The van der Waals surface area contributed by atoms with Crippen molar-refractivity contribution in [1.29, 1.82) is 0 Å². The molecule has 2 aromatic rings. The first-order valence-electron chi connectivity index (χ1n) is 8.69. The first-order valence-corrected chi connectivity index (χ1v) is 11.2. The molecule has 0 aliphatic heterocycles. The fourth-order valence-electron chi connectivity index (χ4n) is 3.50. The summed E-state index contributed by atoms with van der Waals surface area (Å²) < 4.78 is 63.8. The summed E-state index contributed by atoms with van der Waals surface area (Å²) in [5.74, 6) is -0.151. The first kappa shape index (κ1) is 21.6. The lowest BCUT2D eigenvalue weighted by molar-refractivity contribution is -0.107. The molecule has 2 N–H and O–H groups in total. The molecule has 0 radical (unpaired) electrons. The van der Waals surface area contributed by atoms with E-state index in [-0.39, 0.29) is 28.9 Å². The van der Waals surface area contributed by atoms with E-state index in [0.29, 0.717) is 36.0 Å². The van der Waals surface area contributed by atoms with Crippen LogP contribution in [0.15, 0.2) is 41.3 Å². The van der Waals surface area contributed by atoms with E-state index in [1.807, 2.05) is 0 Å². The van der Waals surface area contributed by atoms with Gasteiger partial charge in [0.1, 0.15) is 12.0 Å². The molecule has 0 spiro atoms. The lowest BCUT2D eigenvalue weighted by atomic mass is 10.0. The summed E-state index contributed by atoms with van der Waals surface area (Å²) >= 11 is -2.52. The van der Waals surface area contributed by atoms with Crippen molar-refractivity contribution in [2.24, 2.45) is 0 Å². The summed E-state index contributed by atoms with van der Waals surface area (Å²) in [6.45, 7) is 0.300. The summed E-state index contributed by atoms with van der Waals surface area (Å²) in [6, 6.07) is 9.72. The van der Waals surface area contributed by atoms with Crippen LogP contribution in [0.1, 0.15) is 40.5 Å². The Balaban J connectivity index is 1.96. The van der Waals surface area contributed by atoms with Crippen molar-refractivity contribution >= 4 is 27.8 Å². The predicted octanol–water partition coefficient (Wildman–Crippen LogP) is 2.61. The van der Waals surface area contributed by atoms with E-state index >= 15 is 0 Å². The maximum absolute atomic E-state index is 11.9. The molecule has 156 valence electrons. The maximum Gasteiger partial charge on any atom is 0.357 e. The van der Waals surface area contributed by atoms with Crippen molar-refractivity contribution < 1.29 is 35.4 Å². The number of carbonyl (C=O) groups is 1. The van der Waals surface area contributed by atoms with E-state index in [9.17, 15) is 22.0 Å². The SMILES string of the molecule is COCc1ccc(C2CC2c2ccc(CC=O)cc2S(=O)(=O)O)c(OS(=O)O)c1. The molecule has 0 amide bonds. The molecule has 0 heterocycles. The maximum atomic E-state index is 11.9. The average molecular weight is 440 g/mol. The van der Waals surface area contributed by atoms with E-state index in [1.54, 1.807) is 30.3 Å². The molecular weight excluding hydrogens is 420 g/mol. The van der Waals surface area contributed by atoms with Crippen molar-refractivity contribution in [2.75, 3.05) is 7.11 Å². The molecule has 10 heteroatoms. The zero-order chi connectivity index (χ0) is 21.2. The lowest BCUT2D eigenvalue weighted by Crippen LogP contribution is -2.05. The van der Waals surface area contributed by atoms with Gasteiger partial charge in [0.2, 0.25) is 0 Å². The van der Waals surface area contributed by atoms with Crippen LogP contribution in [-0.4, -0.2) is 35.1 Å². The number of methoxy groups -OCH3 is 1. The Bertz CT molecular complexity index is 1050. The van der Waals surface area contributed by atoms with E-state index in [0.717, 1.165) is 5.56 Å². The second-order valence-electron chi connectivity index (χ2n) is 6.77. The van der Waals surface area contributed by atoms with Gasteiger partial charge in [-0.1, -0.05) is 24.3 Å². The van der Waals surface area contributed by atoms with E-state index < -0.39 is 21.5 Å². The highest BCUT2D eigenvalue weighted by Gasteiger charge is 2.43. The molecule has 29 heavy (non-hydrogen) atoms. The molecule has 1 fully saturated rings. The van der Waals surface area contributed by atoms with E-state index in [1.165, 1.54) is 13.2 Å². The second-order valence-corrected chi connectivity index (χ2v) is 8.76. The third-order valence-corrected chi connectivity index (χ3v) is 6.05. The van der Waals surface area contributed by atoms with Crippen LogP contribution in [0.2, 0.25) is 0 Å². The molecule has 8 nitrogen and oxygen atoms in total. The van der Waals surface area contributed by atoms with Crippen LogP contribution in [0.4, 0.5) is 0 Å². The molecule has 0 aromatic heterocycles. The standard InChI is InChI=1S/C19H20O8S2/c1-26-11-13-3-4-14(18(8-13)27-28(21)22)16-10-17(16)15-5-2-12(6-7-20)9-19(15)29(23,24)25/h2-5,7-9,16-17H,6,10-11H2,1H3,(H,21,22)(H,23,24,25).